The summed E-state index contributed by atoms with van der Waals surface area (Å²) in [6.45, 7) is 2.18. The molecular formula is C24H34N13O9P. The number of aliphatic hydroxyl groups excluding tert-OH is 2. The summed E-state index contributed by atoms with van der Waals surface area (Å²) in [6.07, 6.45) is -3.30. The zero-order valence-electron chi connectivity index (χ0n) is 25.1. The Bertz CT molecular complexity index is 1820. The van der Waals surface area contributed by atoms with E-state index in [1.54, 1.807) is 13.8 Å². The Morgan fingerprint density at radius 2 is 1.91 bits per heavy atom. The number of carbonyl (C=O) groups excluding carboxylic acids is 2. The minimum Gasteiger partial charge on any atom is -0.387 e. The van der Waals surface area contributed by atoms with Gasteiger partial charge in [-0.25, -0.2) is 19.9 Å². The average Bonchev–Trinajstić information content (AvgIpc) is 3.51. The molecule has 2 aliphatic rings. The molecule has 0 aliphatic carbocycles. The van der Waals surface area contributed by atoms with Crippen molar-refractivity contribution in [3.8, 4) is 0 Å². The van der Waals surface area contributed by atoms with Gasteiger partial charge in [-0.15, -0.1) is 0 Å². The van der Waals surface area contributed by atoms with Gasteiger partial charge in [0.25, 0.3) is 11.5 Å². The third kappa shape index (κ3) is 7.38. The van der Waals surface area contributed by atoms with E-state index in [9.17, 15) is 38.9 Å². The molecule has 5 rings (SSSR count). The summed E-state index contributed by atoms with van der Waals surface area (Å²) in [5, 5.41) is 29.3. The van der Waals surface area contributed by atoms with Crippen LogP contribution in [0.4, 0.5) is 23.3 Å². The number of aliphatic imine (C=N–C) groups is 1. The van der Waals surface area contributed by atoms with E-state index in [-0.39, 0.29) is 59.8 Å². The predicted octanol–water partition coefficient (Wildman–Crippen LogP) is -3.66. The van der Waals surface area contributed by atoms with Gasteiger partial charge < -0.3 is 52.2 Å². The molecule has 5 heterocycles. The Kier molecular flexibility index (Phi) is 9.28. The largest absolute Gasteiger partial charge is 0.387 e. The molecule has 22 nitrogen and oxygen atoms in total. The number of hydrogen-bond acceptors (Lipinski definition) is 16. The molecule has 0 bridgehead atoms. The Balaban J connectivity index is 1.18. The smallest absolute Gasteiger partial charge is 0.339 e. The number of aromatic nitrogens is 6. The summed E-state index contributed by atoms with van der Waals surface area (Å²) in [6, 6.07) is 0. The van der Waals surface area contributed by atoms with Crippen molar-refractivity contribution in [3.05, 3.63) is 23.0 Å². The standard InChI is InChI=1S/C24H34N13O9P/c1-24(2)16(32-13-18(35-24)33-23(26)34-20(13)41)21(42)27-3-4-36(9-47(43,44)45)6-11(38)28-5-10-14(39)15(40)22(46-10)37-8-31-12-17(25)29-7-30-19(12)37/h7-8,10,14-15,22,39-40H,3-6,9H2,1-2H3,(H,27,42)(H,28,38)(H2,25,29,30)(H2,43,44,45)(H4,26,33,34,35,41)/t10-,14?,15?,22-/m1/s1. The van der Waals surface area contributed by atoms with E-state index in [2.05, 4.69) is 45.9 Å². The summed E-state index contributed by atoms with van der Waals surface area (Å²) in [7, 11) is -4.63. The van der Waals surface area contributed by atoms with Crippen molar-refractivity contribution in [2.75, 3.05) is 49.2 Å². The number of aromatic amines is 1. The number of nitrogens with zero attached hydrogens (tertiary/aromatic N) is 7. The fraction of sp³-hybridized carbons (Fsp3) is 0.500. The van der Waals surface area contributed by atoms with Crippen LogP contribution in [-0.4, -0.2) is 128 Å². The summed E-state index contributed by atoms with van der Waals surface area (Å²) in [5.41, 5.74) is 9.99. The molecule has 1 fully saturated rings. The van der Waals surface area contributed by atoms with Crippen LogP contribution in [0.2, 0.25) is 0 Å². The van der Waals surface area contributed by atoms with E-state index in [0.717, 1.165) is 4.90 Å². The normalized spacial score (nSPS) is 22.1. The van der Waals surface area contributed by atoms with E-state index in [4.69, 9.17) is 16.2 Å². The van der Waals surface area contributed by atoms with Crippen LogP contribution in [0, 0.1) is 0 Å². The highest BCUT2D eigenvalue weighted by atomic mass is 31.2. The lowest BCUT2D eigenvalue weighted by molar-refractivity contribution is -0.123. The van der Waals surface area contributed by atoms with Crippen molar-refractivity contribution in [1.82, 2.24) is 45.0 Å². The van der Waals surface area contributed by atoms with Crippen LogP contribution < -0.4 is 33.0 Å². The van der Waals surface area contributed by atoms with Gasteiger partial charge in [-0.3, -0.25) is 33.4 Å². The fourth-order valence-corrected chi connectivity index (χ4v) is 5.91. The lowest BCUT2D eigenvalue weighted by Gasteiger charge is -2.32. The zero-order valence-corrected chi connectivity index (χ0v) is 26.0. The number of aliphatic hydroxyl groups is 2. The summed E-state index contributed by atoms with van der Waals surface area (Å²) in [5.74, 6) is -1.28. The van der Waals surface area contributed by atoms with Gasteiger partial charge in [-0.1, -0.05) is 0 Å². The number of hydrogen-bond donors (Lipinski definition) is 10. The van der Waals surface area contributed by atoms with Gasteiger partial charge in [-0.05, 0) is 13.8 Å². The van der Waals surface area contributed by atoms with E-state index in [1.807, 2.05) is 0 Å². The molecule has 23 heteroatoms. The van der Waals surface area contributed by atoms with Crippen LogP contribution in [0.5, 0.6) is 0 Å². The van der Waals surface area contributed by atoms with Gasteiger partial charge in [0.2, 0.25) is 11.9 Å². The Morgan fingerprint density at radius 1 is 1.17 bits per heavy atom. The average molecular weight is 680 g/mol. The van der Waals surface area contributed by atoms with E-state index < -0.39 is 67.9 Å². The SMILES string of the molecule is CC1(C)Nc2nc(N)[nH]c(=O)c2N=C1C(=O)NCCN(CC(=O)NC[C@H]1O[C@@H](n2cnc3c(N)ncnc32)C(O)C1O)CP(=O)(O)O. The number of fused-ring (bicyclic) bond motifs is 2. The molecule has 0 saturated carbocycles. The number of H-pyrrole nitrogens is 1. The number of rotatable bonds is 11. The van der Waals surface area contributed by atoms with Crippen LogP contribution >= 0.6 is 7.60 Å². The number of nitrogens with one attached hydrogen (secondary N) is 4. The van der Waals surface area contributed by atoms with Crippen molar-refractivity contribution in [2.24, 2.45) is 4.99 Å². The van der Waals surface area contributed by atoms with E-state index >= 15 is 0 Å². The monoisotopic (exact) mass is 679 g/mol. The maximum absolute atomic E-state index is 13.0. The second-order valence-electron chi connectivity index (χ2n) is 11.4. The summed E-state index contributed by atoms with van der Waals surface area (Å²) in [4.78, 5) is 80.9. The van der Waals surface area contributed by atoms with Gasteiger partial charge >= 0.3 is 7.60 Å². The molecule has 2 unspecified atom stereocenters. The maximum Gasteiger partial charge on any atom is 0.339 e. The first-order chi connectivity index (χ1) is 22.0. The first kappa shape index (κ1) is 33.8. The van der Waals surface area contributed by atoms with Gasteiger partial charge in [0.1, 0.15) is 42.2 Å². The summed E-state index contributed by atoms with van der Waals surface area (Å²) < 4.78 is 19.0. The molecule has 0 aromatic carbocycles. The van der Waals surface area contributed by atoms with Crippen LogP contribution in [0.1, 0.15) is 20.1 Å². The van der Waals surface area contributed by atoms with Gasteiger partial charge in [0, 0.05) is 19.6 Å². The quantitative estimate of drug-likeness (QED) is 0.0873. The Morgan fingerprint density at radius 3 is 2.64 bits per heavy atom. The van der Waals surface area contributed by atoms with Crippen molar-refractivity contribution in [2.45, 2.75) is 43.9 Å². The Hall–Kier alpha value is -4.57. The highest BCUT2D eigenvalue weighted by molar-refractivity contribution is 7.51. The number of nitrogens with two attached hydrogens (primary N) is 2. The molecule has 2 amide bonds. The molecular weight excluding hydrogens is 645 g/mol. The molecule has 254 valence electrons. The van der Waals surface area contributed by atoms with Gasteiger partial charge in [-0.2, -0.15) is 4.98 Å². The minimum atomic E-state index is -4.63. The minimum absolute atomic E-state index is 0.0587. The molecule has 0 spiro atoms. The maximum atomic E-state index is 13.0. The molecule has 12 N–H and O–H groups in total. The lowest BCUT2D eigenvalue weighted by Crippen LogP contribution is -2.52. The molecule has 0 radical (unpaired) electrons. The number of carbonyl (C=O) groups is 2. The highest BCUT2D eigenvalue weighted by Crippen LogP contribution is 2.35. The fourth-order valence-electron chi connectivity index (χ4n) is 5.15. The second kappa shape index (κ2) is 12.9. The zero-order chi connectivity index (χ0) is 34.3. The Labute approximate surface area is 264 Å². The van der Waals surface area contributed by atoms with Crippen molar-refractivity contribution in [1.29, 1.82) is 0 Å². The first-order valence-corrected chi connectivity index (χ1v) is 15.9. The molecule has 3 aromatic rings. The third-order valence-corrected chi connectivity index (χ3v) is 8.11. The van der Waals surface area contributed by atoms with Crippen LogP contribution in [-0.2, 0) is 18.9 Å². The number of anilines is 3. The summed E-state index contributed by atoms with van der Waals surface area (Å²) >= 11 is 0. The van der Waals surface area contributed by atoms with Crippen LogP contribution in [0.25, 0.3) is 11.2 Å². The van der Waals surface area contributed by atoms with E-state index in [0.29, 0.717) is 0 Å². The van der Waals surface area contributed by atoms with Crippen molar-refractivity contribution in [3.63, 3.8) is 0 Å². The topological polar surface area (TPSA) is 334 Å². The van der Waals surface area contributed by atoms with Gasteiger partial charge in [0.15, 0.2) is 29.2 Å². The molecule has 3 aromatic heterocycles. The van der Waals surface area contributed by atoms with Gasteiger partial charge in [0.05, 0.1) is 18.4 Å². The van der Waals surface area contributed by atoms with Crippen molar-refractivity contribution >= 4 is 59.6 Å². The van der Waals surface area contributed by atoms with E-state index in [1.165, 1.54) is 17.2 Å². The van der Waals surface area contributed by atoms with Crippen LogP contribution in [0.3, 0.4) is 0 Å². The second-order valence-corrected chi connectivity index (χ2v) is 13.0. The number of amides is 2. The highest BCUT2D eigenvalue weighted by Gasteiger charge is 2.44. The van der Waals surface area contributed by atoms with Crippen molar-refractivity contribution < 1.29 is 38.9 Å². The lowest BCUT2D eigenvalue weighted by atomic mass is 9.95. The first-order valence-electron chi connectivity index (χ1n) is 14.1. The molecule has 4 atom stereocenters. The third-order valence-electron chi connectivity index (χ3n) is 7.34. The molecule has 2 aliphatic heterocycles. The number of imidazole rings is 1. The number of ether oxygens (including phenoxy) is 1. The molecule has 1 saturated heterocycles. The predicted molar refractivity (Wildman–Crippen MR) is 164 cm³/mol. The molecule has 47 heavy (non-hydrogen) atoms. The van der Waals surface area contributed by atoms with Crippen LogP contribution in [0.15, 0.2) is 22.4 Å². The number of nitrogen functional groups attached to an aromatic ring is 2.